The van der Waals surface area contributed by atoms with E-state index < -0.39 is 0 Å². The summed E-state index contributed by atoms with van der Waals surface area (Å²) in [6.07, 6.45) is 2.48. The molecule has 0 aliphatic carbocycles. The molecule has 0 fully saturated rings. The van der Waals surface area contributed by atoms with Crippen LogP contribution in [0.25, 0.3) is 0 Å². The molecule has 0 radical (unpaired) electrons. The van der Waals surface area contributed by atoms with E-state index in [1.54, 1.807) is 0 Å². The smallest absolute Gasteiger partial charge is 0.0805 e. The highest BCUT2D eigenvalue weighted by Crippen LogP contribution is 2.06. The molecule has 1 aromatic rings. The molecule has 2 nitrogen and oxygen atoms in total. The predicted molar refractivity (Wildman–Crippen MR) is 42.9 cm³/mol. The Morgan fingerprint density at radius 3 is 2.70 bits per heavy atom. The first-order valence-corrected chi connectivity index (χ1v) is 3.56. The number of hydrogen-bond donors (Lipinski definition) is 1. The van der Waals surface area contributed by atoms with Gasteiger partial charge in [0.25, 0.3) is 0 Å². The zero-order chi connectivity index (χ0) is 7.56. The van der Waals surface area contributed by atoms with Crippen LogP contribution in [0.2, 0.25) is 0 Å². The molecule has 1 atom stereocenters. The molecule has 0 saturated carbocycles. The summed E-state index contributed by atoms with van der Waals surface area (Å²) in [5, 5.41) is 3.17. The highest BCUT2D eigenvalue weighted by Gasteiger charge is 2.00. The van der Waals surface area contributed by atoms with Crippen molar-refractivity contribution >= 4 is 0 Å². The Hall–Kier alpha value is -0.760. The highest BCUT2D eigenvalue weighted by molar-refractivity contribution is 5.05. The molecule has 0 aliphatic rings. The van der Waals surface area contributed by atoms with Gasteiger partial charge in [-0.1, -0.05) is 0 Å². The molecule has 0 aliphatic heterocycles. The summed E-state index contributed by atoms with van der Waals surface area (Å²) in [6.45, 7) is 4.24. The van der Waals surface area contributed by atoms with Gasteiger partial charge in [-0.3, -0.25) is 0 Å². The standard InChI is InChI=1S/C8H14N2/c1-7-5-4-6-10(7)8(2)9-3/h4-6,8-9H,1-3H3. The van der Waals surface area contributed by atoms with E-state index in [0.717, 1.165) is 0 Å². The van der Waals surface area contributed by atoms with E-state index in [2.05, 4.69) is 42.1 Å². The topological polar surface area (TPSA) is 17.0 Å². The van der Waals surface area contributed by atoms with Gasteiger partial charge in [0.15, 0.2) is 0 Å². The van der Waals surface area contributed by atoms with Gasteiger partial charge in [0.05, 0.1) is 6.17 Å². The van der Waals surface area contributed by atoms with Crippen molar-refractivity contribution in [2.24, 2.45) is 0 Å². The summed E-state index contributed by atoms with van der Waals surface area (Å²) < 4.78 is 2.19. The monoisotopic (exact) mass is 138 g/mol. The lowest BCUT2D eigenvalue weighted by Crippen LogP contribution is -2.19. The molecular formula is C8H14N2. The number of aromatic nitrogens is 1. The zero-order valence-corrected chi connectivity index (χ0v) is 6.76. The first-order chi connectivity index (χ1) is 4.75. The van der Waals surface area contributed by atoms with Crippen molar-refractivity contribution in [3.63, 3.8) is 0 Å². The third kappa shape index (κ3) is 1.21. The lowest BCUT2D eigenvalue weighted by atomic mass is 10.4. The second-order valence-corrected chi connectivity index (χ2v) is 2.52. The van der Waals surface area contributed by atoms with Gasteiger partial charge in [-0.15, -0.1) is 0 Å². The summed E-state index contributed by atoms with van der Waals surface area (Å²) in [6, 6.07) is 4.16. The molecule has 56 valence electrons. The molecule has 0 spiro atoms. The number of nitrogens with one attached hydrogen (secondary N) is 1. The Morgan fingerprint density at radius 1 is 1.60 bits per heavy atom. The van der Waals surface area contributed by atoms with Gasteiger partial charge in [-0.25, -0.2) is 0 Å². The summed E-state index contributed by atoms with van der Waals surface area (Å²) >= 11 is 0. The van der Waals surface area contributed by atoms with Crippen LogP contribution in [0.4, 0.5) is 0 Å². The normalized spacial score (nSPS) is 13.5. The maximum Gasteiger partial charge on any atom is 0.0805 e. The van der Waals surface area contributed by atoms with Crippen molar-refractivity contribution in [3.8, 4) is 0 Å². The van der Waals surface area contributed by atoms with Crippen LogP contribution in [0.3, 0.4) is 0 Å². The van der Waals surface area contributed by atoms with Gasteiger partial charge in [0.2, 0.25) is 0 Å². The minimum atomic E-state index is 0.398. The number of nitrogens with zero attached hydrogens (tertiary/aromatic N) is 1. The van der Waals surface area contributed by atoms with E-state index >= 15 is 0 Å². The summed E-state index contributed by atoms with van der Waals surface area (Å²) in [5.41, 5.74) is 1.29. The van der Waals surface area contributed by atoms with E-state index in [1.165, 1.54) is 5.69 Å². The van der Waals surface area contributed by atoms with E-state index in [4.69, 9.17) is 0 Å². The average molecular weight is 138 g/mol. The average Bonchev–Trinajstić information content (AvgIpc) is 2.34. The summed E-state index contributed by atoms with van der Waals surface area (Å²) in [4.78, 5) is 0. The Bertz CT molecular complexity index is 203. The number of aryl methyl sites for hydroxylation is 1. The summed E-state index contributed by atoms with van der Waals surface area (Å²) in [7, 11) is 1.96. The van der Waals surface area contributed by atoms with Crippen LogP contribution < -0.4 is 5.32 Å². The zero-order valence-electron chi connectivity index (χ0n) is 6.76. The van der Waals surface area contributed by atoms with Crippen LogP contribution in [0.5, 0.6) is 0 Å². The molecule has 10 heavy (non-hydrogen) atoms. The Kier molecular flexibility index (Phi) is 2.12. The minimum Gasteiger partial charge on any atom is -0.336 e. The Balaban J connectivity index is 2.82. The second kappa shape index (κ2) is 2.88. The van der Waals surface area contributed by atoms with Crippen LogP contribution in [-0.4, -0.2) is 11.6 Å². The largest absolute Gasteiger partial charge is 0.336 e. The molecule has 0 aromatic carbocycles. The van der Waals surface area contributed by atoms with Crippen molar-refractivity contribution in [2.45, 2.75) is 20.0 Å². The molecule has 1 heterocycles. The third-order valence-corrected chi connectivity index (χ3v) is 1.83. The predicted octanol–water partition coefficient (Wildman–Crippen LogP) is 1.53. The van der Waals surface area contributed by atoms with Crippen LogP contribution >= 0.6 is 0 Å². The molecule has 0 bridgehead atoms. The van der Waals surface area contributed by atoms with Crippen molar-refractivity contribution < 1.29 is 0 Å². The molecule has 2 heteroatoms. The fraction of sp³-hybridized carbons (Fsp3) is 0.500. The molecule has 0 amide bonds. The quantitative estimate of drug-likeness (QED) is 0.656. The molecule has 1 N–H and O–H groups in total. The fourth-order valence-corrected chi connectivity index (χ4v) is 1.05. The van der Waals surface area contributed by atoms with Crippen LogP contribution in [0.15, 0.2) is 18.3 Å². The Morgan fingerprint density at radius 2 is 2.30 bits per heavy atom. The maximum atomic E-state index is 3.17. The third-order valence-electron chi connectivity index (χ3n) is 1.83. The first kappa shape index (κ1) is 7.35. The molecular weight excluding hydrogens is 124 g/mol. The van der Waals surface area contributed by atoms with Crippen LogP contribution in [-0.2, 0) is 0 Å². The summed E-state index contributed by atoms with van der Waals surface area (Å²) in [5.74, 6) is 0. The van der Waals surface area contributed by atoms with Gasteiger partial charge in [0.1, 0.15) is 0 Å². The van der Waals surface area contributed by atoms with Crippen molar-refractivity contribution in [1.82, 2.24) is 9.88 Å². The van der Waals surface area contributed by atoms with Gasteiger partial charge < -0.3 is 9.88 Å². The highest BCUT2D eigenvalue weighted by atomic mass is 15.1. The van der Waals surface area contributed by atoms with Crippen molar-refractivity contribution in [1.29, 1.82) is 0 Å². The maximum absolute atomic E-state index is 3.17. The van der Waals surface area contributed by atoms with Crippen LogP contribution in [0.1, 0.15) is 18.8 Å². The lowest BCUT2D eigenvalue weighted by molar-refractivity contribution is 0.470. The van der Waals surface area contributed by atoms with Crippen molar-refractivity contribution in [2.75, 3.05) is 7.05 Å². The Labute approximate surface area is 61.9 Å². The van der Waals surface area contributed by atoms with E-state index in [9.17, 15) is 0 Å². The fourth-order valence-electron chi connectivity index (χ4n) is 1.05. The molecule has 1 unspecified atom stereocenters. The molecule has 1 rings (SSSR count). The minimum absolute atomic E-state index is 0.398. The van der Waals surface area contributed by atoms with Gasteiger partial charge in [0, 0.05) is 11.9 Å². The van der Waals surface area contributed by atoms with Gasteiger partial charge in [-0.2, -0.15) is 0 Å². The molecule has 0 saturated heterocycles. The number of hydrogen-bond acceptors (Lipinski definition) is 1. The van der Waals surface area contributed by atoms with Gasteiger partial charge >= 0.3 is 0 Å². The van der Waals surface area contributed by atoms with E-state index in [-0.39, 0.29) is 0 Å². The van der Waals surface area contributed by atoms with Gasteiger partial charge in [-0.05, 0) is 33.0 Å². The second-order valence-electron chi connectivity index (χ2n) is 2.52. The SMILES string of the molecule is CNC(C)n1cccc1C. The van der Waals surface area contributed by atoms with Crippen molar-refractivity contribution in [3.05, 3.63) is 24.0 Å². The first-order valence-electron chi connectivity index (χ1n) is 3.56. The van der Waals surface area contributed by atoms with E-state index in [1.807, 2.05) is 7.05 Å². The lowest BCUT2D eigenvalue weighted by Gasteiger charge is -2.14. The van der Waals surface area contributed by atoms with Crippen LogP contribution in [0, 0.1) is 6.92 Å². The molecule has 1 aromatic heterocycles. The number of rotatable bonds is 2. The van der Waals surface area contributed by atoms with E-state index in [0.29, 0.717) is 6.17 Å².